The van der Waals surface area contributed by atoms with Crippen molar-refractivity contribution in [3.05, 3.63) is 12.2 Å². The lowest BCUT2D eigenvalue weighted by Crippen LogP contribution is -2.30. The number of hydrogen-bond acceptors (Lipinski definition) is 3. The molecule has 12 heavy (non-hydrogen) atoms. The topological polar surface area (TPSA) is 58.6 Å². The first-order chi connectivity index (χ1) is 5.66. The van der Waals surface area contributed by atoms with E-state index in [2.05, 4.69) is 5.32 Å². The predicted octanol–water partition coefficient (Wildman–Crippen LogP) is 0.252. The Hall–Kier alpha value is -0.870. The van der Waals surface area contributed by atoms with Gasteiger partial charge in [-0.15, -0.1) is 0 Å². The third-order valence-electron chi connectivity index (χ3n) is 1.26. The Morgan fingerprint density at radius 2 is 2.42 bits per heavy atom. The van der Waals surface area contributed by atoms with E-state index in [4.69, 9.17) is 9.84 Å². The molecular formula is C8H15NO3. The molecule has 0 radical (unpaired) electrons. The number of aliphatic carboxylic acids is 1. The van der Waals surface area contributed by atoms with E-state index in [0.717, 1.165) is 6.08 Å². The van der Waals surface area contributed by atoms with Crippen LogP contribution in [0.25, 0.3) is 0 Å². The van der Waals surface area contributed by atoms with E-state index in [0.29, 0.717) is 13.2 Å². The summed E-state index contributed by atoms with van der Waals surface area (Å²) in [6.07, 6.45) is 2.68. The van der Waals surface area contributed by atoms with Gasteiger partial charge in [0.1, 0.15) is 0 Å². The van der Waals surface area contributed by atoms with Crippen LogP contribution in [-0.4, -0.2) is 37.4 Å². The van der Waals surface area contributed by atoms with Gasteiger partial charge >= 0.3 is 5.97 Å². The molecule has 0 aromatic rings. The maximum Gasteiger partial charge on any atom is 0.328 e. The minimum atomic E-state index is -0.920. The summed E-state index contributed by atoms with van der Waals surface area (Å²) in [5.74, 6) is -0.920. The molecule has 0 amide bonds. The van der Waals surface area contributed by atoms with Gasteiger partial charge in [-0.05, 0) is 6.92 Å². The number of carboxylic acid groups (broad SMARTS) is 1. The van der Waals surface area contributed by atoms with Crippen molar-refractivity contribution in [2.45, 2.75) is 13.0 Å². The Kier molecular flexibility index (Phi) is 6.32. The molecule has 2 N–H and O–H groups in total. The van der Waals surface area contributed by atoms with Crippen molar-refractivity contribution in [1.82, 2.24) is 5.32 Å². The summed E-state index contributed by atoms with van der Waals surface area (Å²) >= 11 is 0. The van der Waals surface area contributed by atoms with E-state index in [1.165, 1.54) is 0 Å². The van der Waals surface area contributed by atoms with Crippen molar-refractivity contribution >= 4 is 5.97 Å². The third kappa shape index (κ3) is 7.24. The van der Waals surface area contributed by atoms with E-state index in [1.54, 1.807) is 13.2 Å². The fourth-order valence-electron chi connectivity index (χ4n) is 0.738. The number of ether oxygens (including phenoxy) is 1. The van der Waals surface area contributed by atoms with Gasteiger partial charge in [-0.3, -0.25) is 0 Å². The van der Waals surface area contributed by atoms with Gasteiger partial charge in [0.25, 0.3) is 0 Å². The molecule has 0 saturated heterocycles. The standard InChI is InChI=1S/C8H15NO3/c1-7(6-12-2)9-5-3-4-8(10)11/h3-4,7,9H,5-6H2,1-2H3,(H,10,11)/b4-3+. The Balaban J connectivity index is 3.36. The van der Waals surface area contributed by atoms with Gasteiger partial charge in [-0.2, -0.15) is 0 Å². The van der Waals surface area contributed by atoms with Crippen LogP contribution in [0.3, 0.4) is 0 Å². The summed E-state index contributed by atoms with van der Waals surface area (Å²) in [4.78, 5) is 10.0. The van der Waals surface area contributed by atoms with E-state index in [-0.39, 0.29) is 6.04 Å². The monoisotopic (exact) mass is 173 g/mol. The molecule has 0 bridgehead atoms. The molecule has 0 aliphatic rings. The third-order valence-corrected chi connectivity index (χ3v) is 1.26. The molecule has 0 spiro atoms. The average Bonchev–Trinajstić information content (AvgIpc) is 1.98. The second-order valence-corrected chi connectivity index (χ2v) is 2.51. The van der Waals surface area contributed by atoms with Crippen LogP contribution in [0.5, 0.6) is 0 Å². The molecular weight excluding hydrogens is 158 g/mol. The molecule has 4 nitrogen and oxygen atoms in total. The highest BCUT2D eigenvalue weighted by atomic mass is 16.5. The van der Waals surface area contributed by atoms with Crippen LogP contribution in [0, 0.1) is 0 Å². The summed E-state index contributed by atoms with van der Waals surface area (Å²) in [7, 11) is 1.63. The van der Waals surface area contributed by atoms with E-state index in [9.17, 15) is 4.79 Å². The lowest BCUT2D eigenvalue weighted by atomic mass is 10.3. The molecule has 0 saturated carbocycles. The minimum Gasteiger partial charge on any atom is -0.478 e. The van der Waals surface area contributed by atoms with Gasteiger partial charge in [0.2, 0.25) is 0 Å². The Bertz CT molecular complexity index is 156. The Labute approximate surface area is 72.2 Å². The zero-order chi connectivity index (χ0) is 9.40. The van der Waals surface area contributed by atoms with Gasteiger partial charge in [0.15, 0.2) is 0 Å². The molecule has 1 unspecified atom stereocenters. The fraction of sp³-hybridized carbons (Fsp3) is 0.625. The van der Waals surface area contributed by atoms with Crippen LogP contribution in [0.15, 0.2) is 12.2 Å². The fourth-order valence-corrected chi connectivity index (χ4v) is 0.738. The van der Waals surface area contributed by atoms with Crippen molar-refractivity contribution < 1.29 is 14.6 Å². The van der Waals surface area contributed by atoms with E-state index >= 15 is 0 Å². The highest BCUT2D eigenvalue weighted by molar-refractivity contribution is 5.79. The average molecular weight is 173 g/mol. The van der Waals surface area contributed by atoms with Crippen LogP contribution >= 0.6 is 0 Å². The molecule has 0 aliphatic heterocycles. The molecule has 0 aromatic heterocycles. The zero-order valence-electron chi connectivity index (χ0n) is 7.41. The summed E-state index contributed by atoms with van der Waals surface area (Å²) in [6.45, 7) is 3.15. The number of rotatable bonds is 6. The van der Waals surface area contributed by atoms with E-state index < -0.39 is 5.97 Å². The smallest absolute Gasteiger partial charge is 0.328 e. The highest BCUT2D eigenvalue weighted by Crippen LogP contribution is 1.81. The summed E-state index contributed by atoms with van der Waals surface area (Å²) in [5.41, 5.74) is 0. The first-order valence-corrected chi connectivity index (χ1v) is 3.78. The van der Waals surface area contributed by atoms with Gasteiger partial charge in [0.05, 0.1) is 6.61 Å². The molecule has 0 rings (SSSR count). The number of nitrogens with one attached hydrogen (secondary N) is 1. The lowest BCUT2D eigenvalue weighted by molar-refractivity contribution is -0.131. The molecule has 0 fully saturated rings. The summed E-state index contributed by atoms with van der Waals surface area (Å²) < 4.78 is 4.88. The second kappa shape index (κ2) is 6.82. The maximum absolute atomic E-state index is 10.0. The lowest BCUT2D eigenvalue weighted by Gasteiger charge is -2.09. The molecule has 0 heterocycles. The first-order valence-electron chi connectivity index (χ1n) is 3.78. The SMILES string of the molecule is COCC(C)NC/C=C/C(=O)O. The van der Waals surface area contributed by atoms with Gasteiger partial charge in [-0.1, -0.05) is 6.08 Å². The number of hydrogen-bond donors (Lipinski definition) is 2. The van der Waals surface area contributed by atoms with Gasteiger partial charge in [0, 0.05) is 25.8 Å². The van der Waals surface area contributed by atoms with Crippen molar-refractivity contribution in [2.24, 2.45) is 0 Å². The normalized spacial score (nSPS) is 13.5. The molecule has 1 atom stereocenters. The van der Waals surface area contributed by atoms with Crippen LogP contribution in [0.4, 0.5) is 0 Å². The second-order valence-electron chi connectivity index (χ2n) is 2.51. The maximum atomic E-state index is 10.0. The minimum absolute atomic E-state index is 0.244. The number of methoxy groups -OCH3 is 1. The van der Waals surface area contributed by atoms with Crippen molar-refractivity contribution in [3.63, 3.8) is 0 Å². The van der Waals surface area contributed by atoms with Gasteiger partial charge < -0.3 is 15.2 Å². The largest absolute Gasteiger partial charge is 0.478 e. The highest BCUT2D eigenvalue weighted by Gasteiger charge is 1.96. The predicted molar refractivity (Wildman–Crippen MR) is 46.1 cm³/mol. The molecule has 4 heteroatoms. The zero-order valence-corrected chi connectivity index (χ0v) is 7.41. The van der Waals surface area contributed by atoms with Crippen LogP contribution in [0.2, 0.25) is 0 Å². The summed E-state index contributed by atoms with van der Waals surface area (Å²) in [5, 5.41) is 11.3. The number of carboxylic acids is 1. The van der Waals surface area contributed by atoms with Crippen molar-refractivity contribution in [1.29, 1.82) is 0 Å². The summed E-state index contributed by atoms with van der Waals surface area (Å²) in [6, 6.07) is 0.244. The van der Waals surface area contributed by atoms with Crippen LogP contribution in [0.1, 0.15) is 6.92 Å². The first kappa shape index (κ1) is 11.1. The quantitative estimate of drug-likeness (QED) is 0.565. The molecule has 70 valence electrons. The van der Waals surface area contributed by atoms with Crippen molar-refractivity contribution in [3.8, 4) is 0 Å². The Morgan fingerprint density at radius 1 is 1.75 bits per heavy atom. The van der Waals surface area contributed by atoms with E-state index in [1.807, 2.05) is 6.92 Å². The Morgan fingerprint density at radius 3 is 2.92 bits per heavy atom. The molecule has 0 aliphatic carbocycles. The van der Waals surface area contributed by atoms with Gasteiger partial charge in [-0.25, -0.2) is 4.79 Å². The van der Waals surface area contributed by atoms with Crippen LogP contribution in [-0.2, 0) is 9.53 Å². The number of carbonyl (C=O) groups is 1. The molecule has 0 aromatic carbocycles. The van der Waals surface area contributed by atoms with Crippen molar-refractivity contribution in [2.75, 3.05) is 20.3 Å². The van der Waals surface area contributed by atoms with Crippen LogP contribution < -0.4 is 5.32 Å².